The number of carboxylic acids is 1. The molecule has 2 N–H and O–H groups in total. The number of carboxylic acid groups (broad SMARTS) is 1. The fraction of sp³-hybridized carbons (Fsp3) is 0.394. The van der Waals surface area contributed by atoms with Gasteiger partial charge in [0.1, 0.15) is 0 Å². The second-order valence-corrected chi connectivity index (χ2v) is 10.7. The van der Waals surface area contributed by atoms with Gasteiger partial charge in [0, 0.05) is 30.1 Å². The number of nitrogens with zero attached hydrogens (tertiary/aromatic N) is 1. The quantitative estimate of drug-likeness (QED) is 0.309. The van der Waals surface area contributed by atoms with E-state index >= 15 is 0 Å². The van der Waals surface area contributed by atoms with Gasteiger partial charge in [0.2, 0.25) is 0 Å². The van der Waals surface area contributed by atoms with Crippen LogP contribution in [-0.4, -0.2) is 47.6 Å². The lowest BCUT2D eigenvalue weighted by atomic mass is 9.72. The maximum Gasteiger partial charge on any atom is 0.304 e. The fourth-order valence-corrected chi connectivity index (χ4v) is 5.84. The summed E-state index contributed by atoms with van der Waals surface area (Å²) in [5, 5.41) is 12.9. The van der Waals surface area contributed by atoms with Crippen molar-refractivity contribution < 1.29 is 14.7 Å². The minimum Gasteiger partial charge on any atom is -0.481 e. The lowest BCUT2D eigenvalue weighted by Crippen LogP contribution is -2.45. The minimum atomic E-state index is -0.740. The van der Waals surface area contributed by atoms with Gasteiger partial charge >= 0.3 is 5.97 Å². The highest BCUT2D eigenvalue weighted by atomic mass is 16.4. The third-order valence-corrected chi connectivity index (χ3v) is 8.11. The summed E-state index contributed by atoms with van der Waals surface area (Å²) in [6.07, 6.45) is 4.62. The van der Waals surface area contributed by atoms with Crippen LogP contribution in [-0.2, 0) is 10.2 Å². The molecule has 3 aromatic carbocycles. The molecule has 1 heterocycles. The third kappa shape index (κ3) is 6.90. The first kappa shape index (κ1) is 27.6. The Kier molecular flexibility index (Phi) is 9.35. The van der Waals surface area contributed by atoms with E-state index in [9.17, 15) is 14.7 Å². The Morgan fingerprint density at radius 3 is 2.26 bits per heavy atom. The molecule has 0 aromatic heterocycles. The number of likely N-dealkylation sites (tertiary alicyclic amines) is 1. The molecule has 5 nitrogen and oxygen atoms in total. The Morgan fingerprint density at radius 2 is 1.63 bits per heavy atom. The van der Waals surface area contributed by atoms with Crippen LogP contribution in [0.25, 0.3) is 11.1 Å². The van der Waals surface area contributed by atoms with Gasteiger partial charge in [-0.15, -0.1) is 0 Å². The number of piperidine rings is 1. The monoisotopic (exact) mass is 512 g/mol. The number of amides is 1. The first-order chi connectivity index (χ1) is 18.4. The normalized spacial score (nSPS) is 16.1. The summed E-state index contributed by atoms with van der Waals surface area (Å²) in [4.78, 5) is 27.5. The van der Waals surface area contributed by atoms with Crippen molar-refractivity contribution >= 4 is 11.9 Å². The molecule has 1 atom stereocenters. The van der Waals surface area contributed by atoms with E-state index in [0.717, 1.165) is 79.6 Å². The third-order valence-electron chi connectivity index (χ3n) is 8.11. The molecule has 3 aromatic rings. The van der Waals surface area contributed by atoms with Gasteiger partial charge in [0.15, 0.2) is 0 Å². The van der Waals surface area contributed by atoms with Gasteiger partial charge in [0.25, 0.3) is 5.91 Å². The predicted octanol–water partition coefficient (Wildman–Crippen LogP) is 6.46. The molecule has 0 bridgehead atoms. The molecule has 0 saturated carbocycles. The Labute approximate surface area is 226 Å². The molecule has 200 valence electrons. The number of hydrogen-bond donors (Lipinski definition) is 2. The highest BCUT2D eigenvalue weighted by Gasteiger charge is 2.33. The Bertz CT molecular complexity index is 1200. The molecule has 0 spiro atoms. The van der Waals surface area contributed by atoms with E-state index < -0.39 is 5.97 Å². The standard InChI is InChI=1S/C33H40N2O3/c1-3-33(24-31(36)37,27-13-8-5-9-14-27)19-10-20-35-21-17-28(18-22-35)34-32(38)30-23-25(2)15-16-29(30)26-11-6-4-7-12-26/h4-9,11-16,23,28H,3,10,17-22,24H2,1-2H3,(H,34,38)(H,36,37). The van der Waals surface area contributed by atoms with E-state index in [2.05, 4.69) is 35.3 Å². The van der Waals surface area contributed by atoms with Crippen molar-refractivity contribution in [2.24, 2.45) is 0 Å². The van der Waals surface area contributed by atoms with Gasteiger partial charge in [-0.3, -0.25) is 9.59 Å². The Hall–Kier alpha value is -3.44. The van der Waals surface area contributed by atoms with E-state index in [1.165, 1.54) is 0 Å². The molecule has 0 aliphatic carbocycles. The lowest BCUT2D eigenvalue weighted by Gasteiger charge is -2.35. The molecule has 5 heteroatoms. The summed E-state index contributed by atoms with van der Waals surface area (Å²) in [5.74, 6) is -0.744. The van der Waals surface area contributed by atoms with Crippen molar-refractivity contribution in [3.05, 3.63) is 95.6 Å². The van der Waals surface area contributed by atoms with Crippen LogP contribution >= 0.6 is 0 Å². The number of carbonyl (C=O) groups is 2. The Balaban J connectivity index is 1.31. The van der Waals surface area contributed by atoms with Crippen LogP contribution in [0.3, 0.4) is 0 Å². The second kappa shape index (κ2) is 12.9. The van der Waals surface area contributed by atoms with Crippen molar-refractivity contribution in [2.45, 2.75) is 63.8 Å². The number of aliphatic carboxylic acids is 1. The topological polar surface area (TPSA) is 69.6 Å². The molecule has 4 rings (SSSR count). The van der Waals surface area contributed by atoms with Gasteiger partial charge < -0.3 is 15.3 Å². The number of aryl methyl sites for hydroxylation is 1. The van der Waals surface area contributed by atoms with Crippen molar-refractivity contribution in [1.29, 1.82) is 0 Å². The highest BCUT2D eigenvalue weighted by molar-refractivity contribution is 6.01. The summed E-state index contributed by atoms with van der Waals surface area (Å²) in [6, 6.07) is 26.4. The molecule has 1 aliphatic heterocycles. The SMILES string of the molecule is CCC(CCCN1CCC(NC(=O)c2cc(C)ccc2-c2ccccc2)CC1)(CC(=O)O)c1ccccc1. The zero-order chi connectivity index (χ0) is 27.0. The van der Waals surface area contributed by atoms with E-state index in [1.807, 2.05) is 67.6 Å². The number of hydrogen-bond acceptors (Lipinski definition) is 3. The first-order valence-corrected chi connectivity index (χ1v) is 13.9. The molecule has 0 radical (unpaired) electrons. The van der Waals surface area contributed by atoms with Crippen molar-refractivity contribution in [3.8, 4) is 11.1 Å². The summed E-state index contributed by atoms with van der Waals surface area (Å²) in [5.41, 5.74) is 4.61. The van der Waals surface area contributed by atoms with Crippen molar-refractivity contribution in [3.63, 3.8) is 0 Å². The second-order valence-electron chi connectivity index (χ2n) is 10.7. The smallest absolute Gasteiger partial charge is 0.304 e. The summed E-state index contributed by atoms with van der Waals surface area (Å²) in [7, 11) is 0. The number of nitrogens with one attached hydrogen (secondary N) is 1. The van der Waals surface area contributed by atoms with Crippen LogP contribution < -0.4 is 5.32 Å². The molecule has 1 fully saturated rings. The number of carbonyl (C=O) groups excluding carboxylic acids is 1. The van der Waals surface area contributed by atoms with E-state index in [0.29, 0.717) is 0 Å². The van der Waals surface area contributed by atoms with Gasteiger partial charge in [-0.1, -0.05) is 85.3 Å². The summed E-state index contributed by atoms with van der Waals surface area (Å²) in [6.45, 7) is 6.94. The molecule has 1 saturated heterocycles. The molecule has 38 heavy (non-hydrogen) atoms. The van der Waals surface area contributed by atoms with Crippen LogP contribution in [0, 0.1) is 6.92 Å². The molecule has 1 aliphatic rings. The van der Waals surface area contributed by atoms with E-state index in [-0.39, 0.29) is 23.8 Å². The van der Waals surface area contributed by atoms with Crippen LogP contribution in [0.2, 0.25) is 0 Å². The molecule has 1 amide bonds. The van der Waals surface area contributed by atoms with Crippen molar-refractivity contribution in [1.82, 2.24) is 10.2 Å². The van der Waals surface area contributed by atoms with Crippen LogP contribution in [0.5, 0.6) is 0 Å². The van der Waals surface area contributed by atoms with E-state index in [4.69, 9.17) is 0 Å². The van der Waals surface area contributed by atoms with Crippen molar-refractivity contribution in [2.75, 3.05) is 19.6 Å². The predicted molar refractivity (Wildman–Crippen MR) is 153 cm³/mol. The zero-order valence-electron chi connectivity index (χ0n) is 22.7. The minimum absolute atomic E-state index is 0.00438. The lowest BCUT2D eigenvalue weighted by molar-refractivity contribution is -0.138. The molecular formula is C33H40N2O3. The fourth-order valence-electron chi connectivity index (χ4n) is 5.84. The van der Waals surface area contributed by atoms with Crippen LogP contribution in [0.4, 0.5) is 0 Å². The largest absolute Gasteiger partial charge is 0.481 e. The average Bonchev–Trinajstić information content (AvgIpc) is 2.94. The maximum atomic E-state index is 13.3. The summed E-state index contributed by atoms with van der Waals surface area (Å²) >= 11 is 0. The Morgan fingerprint density at radius 1 is 0.974 bits per heavy atom. The van der Waals surface area contributed by atoms with Crippen LogP contribution in [0.15, 0.2) is 78.9 Å². The zero-order valence-corrected chi connectivity index (χ0v) is 22.7. The average molecular weight is 513 g/mol. The first-order valence-electron chi connectivity index (χ1n) is 13.9. The van der Waals surface area contributed by atoms with Gasteiger partial charge in [0.05, 0.1) is 6.42 Å². The van der Waals surface area contributed by atoms with Gasteiger partial charge in [-0.05, 0) is 68.3 Å². The maximum absolute atomic E-state index is 13.3. The van der Waals surface area contributed by atoms with Gasteiger partial charge in [-0.2, -0.15) is 0 Å². The summed E-state index contributed by atoms with van der Waals surface area (Å²) < 4.78 is 0. The van der Waals surface area contributed by atoms with E-state index in [1.54, 1.807) is 0 Å². The molecular weight excluding hydrogens is 472 g/mol. The molecule has 1 unspecified atom stereocenters. The van der Waals surface area contributed by atoms with Crippen LogP contribution in [0.1, 0.15) is 66.9 Å². The number of rotatable bonds is 11. The van der Waals surface area contributed by atoms with Gasteiger partial charge in [-0.25, -0.2) is 0 Å². The highest BCUT2D eigenvalue weighted by Crippen LogP contribution is 2.36. The number of benzene rings is 3.